The Hall–Kier alpha value is 0.230. The second-order valence-electron chi connectivity index (χ2n) is 2.27. The fourth-order valence-corrected chi connectivity index (χ4v) is 0.762. The van der Waals surface area contributed by atoms with Crippen molar-refractivity contribution in [1.82, 2.24) is 0 Å². The van der Waals surface area contributed by atoms with Crippen LogP contribution in [0.5, 0.6) is 0 Å². The number of rotatable bonds is 7. The lowest BCUT2D eigenvalue weighted by atomic mass is 10.3. The third kappa shape index (κ3) is 8.13. The van der Waals surface area contributed by atoms with Crippen molar-refractivity contribution < 1.29 is 14.9 Å². The van der Waals surface area contributed by atoms with Gasteiger partial charge in [0.2, 0.25) is 0 Å². The Bertz CT molecular complexity index is 80.1. The van der Waals surface area contributed by atoms with Crippen LogP contribution in [0.1, 0.15) is 19.3 Å². The summed E-state index contributed by atoms with van der Waals surface area (Å²) in [7, 11) is 0. The molecule has 4 heteroatoms. The van der Waals surface area contributed by atoms with Gasteiger partial charge in [-0.15, -0.1) is 0 Å². The summed E-state index contributed by atoms with van der Waals surface area (Å²) in [5.74, 6) is 0.771. The second kappa shape index (κ2) is 8.33. The van der Waals surface area contributed by atoms with Crippen LogP contribution in [0.2, 0.25) is 0 Å². The van der Waals surface area contributed by atoms with E-state index >= 15 is 0 Å². The number of hydrogen-bond acceptors (Lipinski definition) is 4. The maximum atomic E-state index is 9.05. The van der Waals surface area contributed by atoms with Gasteiger partial charge < -0.3 is 14.9 Å². The van der Waals surface area contributed by atoms with Crippen molar-refractivity contribution in [1.29, 1.82) is 0 Å². The van der Waals surface area contributed by atoms with Crippen molar-refractivity contribution in [2.75, 3.05) is 19.0 Å². The molecule has 0 spiro atoms. The molecule has 0 heterocycles. The first kappa shape index (κ1) is 11.2. The molecule has 0 saturated heterocycles. The molecule has 1 unspecified atom stereocenters. The largest absolute Gasteiger partial charge is 0.396 e. The summed E-state index contributed by atoms with van der Waals surface area (Å²) in [6, 6.07) is 0. The SMILES string of the molecule is OCCCC(O)OCCCS. The highest BCUT2D eigenvalue weighted by Gasteiger charge is 2.01. The molecule has 0 aliphatic heterocycles. The summed E-state index contributed by atoms with van der Waals surface area (Å²) < 4.78 is 4.98. The van der Waals surface area contributed by atoms with Gasteiger partial charge in [0, 0.05) is 13.0 Å². The van der Waals surface area contributed by atoms with Crippen LogP contribution in [0, 0.1) is 0 Å². The van der Waals surface area contributed by atoms with E-state index in [-0.39, 0.29) is 6.61 Å². The molecule has 11 heavy (non-hydrogen) atoms. The van der Waals surface area contributed by atoms with E-state index in [0.717, 1.165) is 12.2 Å². The van der Waals surface area contributed by atoms with Crippen molar-refractivity contribution in [3.05, 3.63) is 0 Å². The van der Waals surface area contributed by atoms with Crippen LogP contribution in [0.4, 0.5) is 0 Å². The zero-order chi connectivity index (χ0) is 8.53. The molecule has 1 atom stereocenters. The molecular weight excluding hydrogens is 164 g/mol. The Balaban J connectivity index is 3.02. The van der Waals surface area contributed by atoms with Crippen LogP contribution in [-0.4, -0.2) is 35.5 Å². The topological polar surface area (TPSA) is 49.7 Å². The fourth-order valence-electron chi connectivity index (χ4n) is 0.633. The number of thiol groups is 1. The zero-order valence-electron chi connectivity index (χ0n) is 6.57. The van der Waals surface area contributed by atoms with E-state index in [1.165, 1.54) is 0 Å². The molecule has 0 aromatic rings. The lowest BCUT2D eigenvalue weighted by Gasteiger charge is -2.09. The van der Waals surface area contributed by atoms with E-state index in [0.29, 0.717) is 19.4 Å². The first-order valence-electron chi connectivity index (χ1n) is 3.82. The van der Waals surface area contributed by atoms with Crippen molar-refractivity contribution >= 4 is 12.6 Å². The predicted octanol–water partition coefficient (Wildman–Crippen LogP) is 0.414. The minimum absolute atomic E-state index is 0.104. The van der Waals surface area contributed by atoms with E-state index in [4.69, 9.17) is 14.9 Å². The van der Waals surface area contributed by atoms with Crippen molar-refractivity contribution in [2.45, 2.75) is 25.6 Å². The molecular formula is C7H16O3S. The third-order valence-corrected chi connectivity index (χ3v) is 1.54. The minimum Gasteiger partial charge on any atom is -0.396 e. The summed E-state index contributed by atoms with van der Waals surface area (Å²) in [5, 5.41) is 17.5. The first-order chi connectivity index (χ1) is 5.31. The maximum Gasteiger partial charge on any atom is 0.154 e. The van der Waals surface area contributed by atoms with E-state index < -0.39 is 6.29 Å². The molecule has 68 valence electrons. The Labute approximate surface area is 72.8 Å². The van der Waals surface area contributed by atoms with Gasteiger partial charge in [0.1, 0.15) is 0 Å². The van der Waals surface area contributed by atoms with Gasteiger partial charge in [-0.05, 0) is 18.6 Å². The Morgan fingerprint density at radius 2 is 2.09 bits per heavy atom. The van der Waals surface area contributed by atoms with Gasteiger partial charge >= 0.3 is 0 Å². The smallest absolute Gasteiger partial charge is 0.154 e. The molecule has 0 aliphatic rings. The van der Waals surface area contributed by atoms with Gasteiger partial charge in [0.25, 0.3) is 0 Å². The minimum atomic E-state index is -0.720. The Morgan fingerprint density at radius 1 is 1.36 bits per heavy atom. The summed E-state index contributed by atoms with van der Waals surface area (Å²) in [5.41, 5.74) is 0. The number of aliphatic hydroxyl groups excluding tert-OH is 2. The predicted molar refractivity (Wildman–Crippen MR) is 46.7 cm³/mol. The quantitative estimate of drug-likeness (QED) is 0.302. The summed E-state index contributed by atoms with van der Waals surface area (Å²) in [4.78, 5) is 0. The van der Waals surface area contributed by atoms with Crippen LogP contribution in [0.15, 0.2) is 0 Å². The molecule has 0 aliphatic carbocycles. The van der Waals surface area contributed by atoms with Crippen LogP contribution < -0.4 is 0 Å². The monoisotopic (exact) mass is 180 g/mol. The third-order valence-electron chi connectivity index (χ3n) is 1.22. The average molecular weight is 180 g/mol. The van der Waals surface area contributed by atoms with Gasteiger partial charge in [-0.1, -0.05) is 0 Å². The van der Waals surface area contributed by atoms with Crippen molar-refractivity contribution in [3.8, 4) is 0 Å². The molecule has 0 amide bonds. The molecule has 0 radical (unpaired) electrons. The molecule has 0 bridgehead atoms. The summed E-state index contributed by atoms with van der Waals surface area (Å²) in [6.07, 6.45) is 1.21. The van der Waals surface area contributed by atoms with Crippen LogP contribution in [0.25, 0.3) is 0 Å². The number of aliphatic hydroxyl groups is 2. The van der Waals surface area contributed by atoms with Gasteiger partial charge in [-0.25, -0.2) is 0 Å². The average Bonchev–Trinajstić information content (AvgIpc) is 2.01. The summed E-state index contributed by atoms with van der Waals surface area (Å²) in [6.45, 7) is 0.642. The van der Waals surface area contributed by atoms with Gasteiger partial charge in [-0.3, -0.25) is 0 Å². The molecule has 0 rings (SSSR count). The van der Waals surface area contributed by atoms with Crippen molar-refractivity contribution in [3.63, 3.8) is 0 Å². The molecule has 2 N–H and O–H groups in total. The van der Waals surface area contributed by atoms with Crippen LogP contribution in [-0.2, 0) is 4.74 Å². The molecule has 0 saturated carbocycles. The number of hydrogen-bond donors (Lipinski definition) is 3. The van der Waals surface area contributed by atoms with Crippen molar-refractivity contribution in [2.24, 2.45) is 0 Å². The van der Waals surface area contributed by atoms with Crippen LogP contribution >= 0.6 is 12.6 Å². The normalized spacial score (nSPS) is 13.4. The number of ether oxygens (including phenoxy) is 1. The van der Waals surface area contributed by atoms with E-state index in [1.54, 1.807) is 0 Å². The van der Waals surface area contributed by atoms with Gasteiger partial charge in [0.05, 0.1) is 6.61 Å². The van der Waals surface area contributed by atoms with Gasteiger partial charge in [-0.2, -0.15) is 12.6 Å². The van der Waals surface area contributed by atoms with E-state index in [2.05, 4.69) is 12.6 Å². The highest BCUT2D eigenvalue weighted by atomic mass is 32.1. The lowest BCUT2D eigenvalue weighted by molar-refractivity contribution is -0.104. The second-order valence-corrected chi connectivity index (χ2v) is 2.72. The lowest BCUT2D eigenvalue weighted by Crippen LogP contribution is -2.13. The zero-order valence-corrected chi connectivity index (χ0v) is 7.46. The fraction of sp³-hybridized carbons (Fsp3) is 1.00. The van der Waals surface area contributed by atoms with Crippen LogP contribution in [0.3, 0.4) is 0 Å². The molecule has 0 fully saturated rings. The Kier molecular flexibility index (Phi) is 8.50. The molecule has 0 aromatic heterocycles. The Morgan fingerprint density at radius 3 is 2.64 bits per heavy atom. The van der Waals surface area contributed by atoms with Gasteiger partial charge in [0.15, 0.2) is 6.29 Å². The standard InChI is InChI=1S/C7H16O3S/c8-4-1-3-7(9)10-5-2-6-11/h7-9,11H,1-6H2. The maximum absolute atomic E-state index is 9.05. The first-order valence-corrected chi connectivity index (χ1v) is 4.46. The molecule has 0 aromatic carbocycles. The van der Waals surface area contributed by atoms with E-state index in [1.807, 2.05) is 0 Å². The highest BCUT2D eigenvalue weighted by Crippen LogP contribution is 1.98. The summed E-state index contributed by atoms with van der Waals surface area (Å²) >= 11 is 3.99. The molecule has 3 nitrogen and oxygen atoms in total. The van der Waals surface area contributed by atoms with E-state index in [9.17, 15) is 0 Å². The highest BCUT2D eigenvalue weighted by molar-refractivity contribution is 7.80.